The summed E-state index contributed by atoms with van der Waals surface area (Å²) in [6.45, 7) is 0. The van der Waals surface area contributed by atoms with Crippen LogP contribution >= 0.6 is 0 Å². The zero-order valence-electron chi connectivity index (χ0n) is 4.57. The molecule has 1 nitrogen and oxygen atoms in total. The van der Waals surface area contributed by atoms with E-state index < -0.39 is 0 Å². The summed E-state index contributed by atoms with van der Waals surface area (Å²) >= 11 is 0.300. The van der Waals surface area contributed by atoms with E-state index in [1.54, 1.807) is 0 Å². The molecule has 5 heavy (non-hydrogen) atoms. The van der Waals surface area contributed by atoms with Crippen molar-refractivity contribution in [2.24, 2.45) is 0 Å². The van der Waals surface area contributed by atoms with Crippen molar-refractivity contribution in [1.29, 1.82) is 0 Å². The van der Waals surface area contributed by atoms with Crippen molar-refractivity contribution in [3.05, 3.63) is 0 Å². The van der Waals surface area contributed by atoms with Gasteiger partial charge in [0, 0.05) is 0 Å². The third-order valence-electron chi connectivity index (χ3n) is 0. The summed E-state index contributed by atoms with van der Waals surface area (Å²) in [7, 11) is 3.00. The number of hydrogen-bond acceptors (Lipinski definition) is 1. The quantitative estimate of drug-likeness (QED) is 0.469. The Morgan fingerprint density at radius 2 is 1.60 bits per heavy atom. The van der Waals surface area contributed by atoms with E-state index in [0.29, 0.717) is 24.7 Å². The Balaban J connectivity index is -0.00000000267. The predicted octanol–water partition coefficient (Wildman–Crippen LogP) is -0.238. The van der Waals surface area contributed by atoms with E-state index in [9.17, 15) is 0 Å². The van der Waals surface area contributed by atoms with E-state index in [0.717, 1.165) is 0 Å². The molecule has 0 aliphatic rings. The van der Waals surface area contributed by atoms with E-state index in [4.69, 9.17) is 7.13 Å². The minimum absolute atomic E-state index is 0. The normalized spacial score (nSPS) is 1.60. The second-order valence-electron chi connectivity index (χ2n) is 0. The van der Waals surface area contributed by atoms with Gasteiger partial charge in [-0.25, -0.2) is 0 Å². The first-order valence-electron chi connectivity index (χ1n) is 0.422. The summed E-state index contributed by atoms with van der Waals surface area (Å²) in [5.41, 5.74) is 0. The Hall–Kier alpha value is 1.94. The molecule has 0 aliphatic heterocycles. The molecular weight excluding hydrogens is 177 g/mol. The van der Waals surface area contributed by atoms with Gasteiger partial charge in [-0.3, -0.25) is 0 Å². The van der Waals surface area contributed by atoms with Gasteiger partial charge in [0.1, 0.15) is 0 Å². The third-order valence-corrected chi connectivity index (χ3v) is 0. The molecule has 0 spiro atoms. The molecule has 0 atom stereocenters. The Morgan fingerprint density at radius 3 is 1.60 bits per heavy atom. The van der Waals surface area contributed by atoms with Gasteiger partial charge in [0.15, 0.2) is 0 Å². The van der Waals surface area contributed by atoms with Gasteiger partial charge in [-0.1, -0.05) is 0 Å². The van der Waals surface area contributed by atoms with E-state index in [1.807, 2.05) is 0 Å². The van der Waals surface area contributed by atoms with Crippen LogP contribution in [-0.2, 0) is 27.5 Å². The first-order valence-corrected chi connectivity index (χ1v) is 1.43. The van der Waals surface area contributed by atoms with Crippen molar-refractivity contribution in [2.75, 3.05) is 0 Å². The molecule has 24 valence electrons. The van der Waals surface area contributed by atoms with Crippen LogP contribution in [0.25, 0.3) is 0 Å². The molecule has 0 saturated carbocycles. The molecule has 0 aromatic heterocycles. The van der Waals surface area contributed by atoms with E-state index in [-0.39, 0.29) is 40.6 Å². The van der Waals surface area contributed by atoms with Gasteiger partial charge >= 0.3 is 73.4 Å². The van der Waals surface area contributed by atoms with E-state index >= 15 is 0 Å². The molecule has 0 saturated heterocycles. The van der Waals surface area contributed by atoms with Gasteiger partial charge in [-0.2, -0.15) is 0 Å². The number of hydrogen-bond donors (Lipinski definition) is 0. The van der Waals surface area contributed by atoms with Gasteiger partial charge in [0.2, 0.25) is 0 Å². The maximum atomic E-state index is 9.00. The van der Waals surface area contributed by atoms with Crippen molar-refractivity contribution >= 4 is 45.9 Å². The Kier molecular flexibility index (Phi) is 122. The molecule has 0 aromatic rings. The van der Waals surface area contributed by atoms with Crippen LogP contribution in [0.4, 0.5) is 4.32 Å². The predicted molar refractivity (Wildman–Crippen MR) is 15.5 cm³/mol. The average Bonchev–Trinajstić information content (AvgIpc) is 1.50. The van der Waals surface area contributed by atoms with Crippen LogP contribution in [-0.4, -0.2) is 45.9 Å². The van der Waals surface area contributed by atoms with Crippen LogP contribution in [0.15, 0.2) is 0 Å². The van der Waals surface area contributed by atoms with Crippen LogP contribution in [0.5, 0.6) is 0 Å². The average molecular weight is 179 g/mol. The minimum atomic E-state index is 0. The van der Waals surface area contributed by atoms with E-state index in [2.05, 4.69) is 8.12 Å². The van der Waals surface area contributed by atoms with Crippen LogP contribution in [0.3, 0.4) is 0 Å². The Morgan fingerprint density at radius 1 is 1.60 bits per heavy atom. The topological polar surface area (TPSA) is 17.1 Å². The summed E-state index contributed by atoms with van der Waals surface area (Å²) < 4.78 is 17.3. The molecule has 0 bridgehead atoms. The maximum absolute atomic E-state index is 9.00. The second-order valence-corrected chi connectivity index (χ2v) is 0. The SMILES string of the molecule is [B]F.[Ca+2].[H-].[H-].[O]=[Zr]. The first kappa shape index (κ1) is 15.8. The fourth-order valence-electron chi connectivity index (χ4n) is 0. The van der Waals surface area contributed by atoms with Gasteiger partial charge in [0.05, 0.1) is 0 Å². The van der Waals surface area contributed by atoms with Crippen molar-refractivity contribution in [3.8, 4) is 0 Å². The van der Waals surface area contributed by atoms with Crippen molar-refractivity contribution in [1.82, 2.24) is 0 Å². The third kappa shape index (κ3) is 24.5. The first-order chi connectivity index (χ1) is 2.00. The Bertz CT molecular complexity index is 17.7. The molecule has 0 amide bonds. The van der Waals surface area contributed by atoms with Gasteiger partial charge in [-0.15, -0.1) is 0 Å². The summed E-state index contributed by atoms with van der Waals surface area (Å²) in [5.74, 6) is 0. The standard InChI is InChI=1S/BF.Ca.O.Zr.2H/c1-2;;;;;/q;+2;;;2*-1. The zero-order valence-corrected chi connectivity index (χ0v) is 7.24. The van der Waals surface area contributed by atoms with Crippen LogP contribution < -0.4 is 0 Å². The van der Waals surface area contributed by atoms with Gasteiger partial charge in [0.25, 0.3) is 0 Å². The summed E-state index contributed by atoms with van der Waals surface area (Å²) in [5, 5.41) is 0. The number of rotatable bonds is 0. The monoisotopic (exact) mass is 178 g/mol. The van der Waals surface area contributed by atoms with Crippen molar-refractivity contribution in [2.45, 2.75) is 0 Å². The summed E-state index contributed by atoms with van der Waals surface area (Å²) in [4.78, 5) is 0. The fraction of sp³-hybridized carbons (Fsp3) is 0. The molecule has 0 fully saturated rings. The van der Waals surface area contributed by atoms with Crippen molar-refractivity contribution < 1.29 is 34.7 Å². The summed E-state index contributed by atoms with van der Waals surface area (Å²) in [6, 6.07) is 0. The summed E-state index contributed by atoms with van der Waals surface area (Å²) in [6.07, 6.45) is 0. The second kappa shape index (κ2) is 38.6. The molecule has 0 unspecified atom stereocenters. The molecule has 5 heteroatoms. The van der Waals surface area contributed by atoms with Gasteiger partial charge in [-0.05, 0) is 0 Å². The van der Waals surface area contributed by atoms with Crippen LogP contribution in [0.2, 0.25) is 0 Å². The molecule has 0 aromatic carbocycles. The van der Waals surface area contributed by atoms with E-state index in [1.165, 1.54) is 0 Å². The fourth-order valence-corrected chi connectivity index (χ4v) is 0. The molecule has 2 radical (unpaired) electrons. The van der Waals surface area contributed by atoms with Crippen LogP contribution in [0.1, 0.15) is 2.85 Å². The van der Waals surface area contributed by atoms with Crippen LogP contribution in [0, 0.1) is 0 Å². The molecule has 0 heterocycles. The zero-order chi connectivity index (χ0) is 4.00. The van der Waals surface area contributed by atoms with Gasteiger partial charge < -0.3 is 7.17 Å². The Labute approximate surface area is 79.4 Å². The molecular formula is H2BCaFOZr. The molecule has 0 N–H and O–H groups in total. The number of halogens is 1. The molecule has 0 aliphatic carbocycles. The van der Waals surface area contributed by atoms with Crippen molar-refractivity contribution in [3.63, 3.8) is 0 Å². The molecule has 0 rings (SSSR count).